The van der Waals surface area contributed by atoms with E-state index in [2.05, 4.69) is 33.5 Å². The Morgan fingerprint density at radius 1 is 0.750 bits per heavy atom. The minimum Gasteiger partial charge on any atom is -0.356 e. The Bertz CT molecular complexity index is 694. The molecule has 11 heteroatoms. The van der Waals surface area contributed by atoms with Crippen LogP contribution >= 0.6 is 7.82 Å². The number of hydrogen-bond acceptors (Lipinski definition) is 7. The Labute approximate surface area is 218 Å². The SMILES string of the molecule is C.CC(C)CCNC(=O)CCC(=O)C(C)C.CC(C)OP(=O)(O)OCCNC(=O)CCC(=O)C(C)C. The van der Waals surface area contributed by atoms with Crippen LogP contribution in [0.5, 0.6) is 0 Å². The third-order valence-corrected chi connectivity index (χ3v) is 5.75. The predicted octanol–water partition coefficient (Wildman–Crippen LogP) is 4.44. The van der Waals surface area contributed by atoms with Gasteiger partial charge in [0.2, 0.25) is 11.8 Å². The van der Waals surface area contributed by atoms with Crippen LogP contribution in [0.15, 0.2) is 0 Å². The molecule has 0 fully saturated rings. The number of ketones is 2. The molecule has 0 rings (SSSR count). The number of Topliss-reactive ketones (excluding diaryl/α,β-unsaturated/α-hetero) is 2. The van der Waals surface area contributed by atoms with Gasteiger partial charge in [-0.15, -0.1) is 0 Å². The van der Waals surface area contributed by atoms with Gasteiger partial charge < -0.3 is 15.5 Å². The minimum absolute atomic E-state index is 0. The van der Waals surface area contributed by atoms with E-state index >= 15 is 0 Å². The van der Waals surface area contributed by atoms with Crippen LogP contribution in [0.25, 0.3) is 0 Å². The van der Waals surface area contributed by atoms with Crippen molar-refractivity contribution in [2.24, 2.45) is 17.8 Å². The highest BCUT2D eigenvalue weighted by molar-refractivity contribution is 7.47. The maximum atomic E-state index is 11.4. The van der Waals surface area contributed by atoms with Gasteiger partial charge in [0.1, 0.15) is 11.6 Å². The van der Waals surface area contributed by atoms with Crippen molar-refractivity contribution in [3.63, 3.8) is 0 Å². The lowest BCUT2D eigenvalue weighted by atomic mass is 10.0. The first kappa shape index (κ1) is 38.9. The zero-order valence-electron chi connectivity index (χ0n) is 22.7. The fourth-order valence-electron chi connectivity index (χ4n) is 2.38. The topological polar surface area (TPSA) is 148 Å². The number of nitrogens with one attached hydrogen (secondary N) is 2. The van der Waals surface area contributed by atoms with Crippen molar-refractivity contribution in [3.05, 3.63) is 0 Å². The molecule has 0 saturated carbocycles. The van der Waals surface area contributed by atoms with E-state index in [1.54, 1.807) is 27.7 Å². The molecular formula is C25H51N2O8P. The van der Waals surface area contributed by atoms with Gasteiger partial charge in [-0.2, -0.15) is 0 Å². The van der Waals surface area contributed by atoms with Crippen LogP contribution in [0.1, 0.15) is 94.9 Å². The van der Waals surface area contributed by atoms with Gasteiger partial charge in [-0.05, 0) is 26.2 Å². The van der Waals surface area contributed by atoms with Crippen LogP contribution in [0.4, 0.5) is 0 Å². The normalized spacial score (nSPS) is 12.5. The molecule has 2 amide bonds. The fourth-order valence-corrected chi connectivity index (χ4v) is 3.29. The van der Waals surface area contributed by atoms with Crippen LogP contribution in [0.2, 0.25) is 0 Å². The molecular weight excluding hydrogens is 487 g/mol. The molecule has 214 valence electrons. The standard InChI is InChI=1S/C12H24NO6P.C12H23NO2.CH4/c1-9(2)11(14)5-6-12(15)13-7-8-18-20(16,17)19-10(3)4;1-9(2)7-8-13-12(15)6-5-11(14)10(3)4;/h9-10H,5-8H2,1-4H3,(H,13,15)(H,16,17);9-10H,5-8H2,1-4H3,(H,13,15);1H4. The molecule has 0 aromatic carbocycles. The summed E-state index contributed by atoms with van der Waals surface area (Å²) >= 11 is 0. The smallest absolute Gasteiger partial charge is 0.356 e. The van der Waals surface area contributed by atoms with Gasteiger partial charge in [-0.25, -0.2) is 4.57 Å². The maximum Gasteiger partial charge on any atom is 0.472 e. The zero-order valence-corrected chi connectivity index (χ0v) is 23.6. The highest BCUT2D eigenvalue weighted by atomic mass is 31.2. The van der Waals surface area contributed by atoms with Crippen LogP contribution < -0.4 is 10.6 Å². The first-order valence-electron chi connectivity index (χ1n) is 12.3. The predicted molar refractivity (Wildman–Crippen MR) is 142 cm³/mol. The monoisotopic (exact) mass is 538 g/mol. The molecule has 0 aromatic rings. The van der Waals surface area contributed by atoms with Gasteiger partial charge in [0.15, 0.2) is 0 Å². The summed E-state index contributed by atoms with van der Waals surface area (Å²) in [6, 6.07) is 0. The van der Waals surface area contributed by atoms with Gasteiger partial charge in [0, 0.05) is 50.6 Å². The molecule has 0 spiro atoms. The summed E-state index contributed by atoms with van der Waals surface area (Å²) in [4.78, 5) is 54.5. The third kappa shape index (κ3) is 25.5. The van der Waals surface area contributed by atoms with E-state index < -0.39 is 13.9 Å². The van der Waals surface area contributed by atoms with Crippen molar-refractivity contribution >= 4 is 31.2 Å². The van der Waals surface area contributed by atoms with Crippen molar-refractivity contribution in [2.45, 2.75) is 101 Å². The van der Waals surface area contributed by atoms with E-state index in [9.17, 15) is 28.6 Å². The van der Waals surface area contributed by atoms with Crippen LogP contribution in [-0.2, 0) is 32.8 Å². The van der Waals surface area contributed by atoms with E-state index in [-0.39, 0.29) is 68.6 Å². The number of phosphoric acid groups is 1. The first-order valence-corrected chi connectivity index (χ1v) is 13.8. The van der Waals surface area contributed by atoms with Gasteiger partial charge in [-0.1, -0.05) is 49.0 Å². The number of amides is 2. The molecule has 1 unspecified atom stereocenters. The average molecular weight is 539 g/mol. The molecule has 0 bridgehead atoms. The fraction of sp³-hybridized carbons (Fsp3) is 0.840. The van der Waals surface area contributed by atoms with Gasteiger partial charge in [0.25, 0.3) is 0 Å². The summed E-state index contributed by atoms with van der Waals surface area (Å²) in [5.74, 6) is 0.441. The zero-order chi connectivity index (χ0) is 27.6. The van der Waals surface area contributed by atoms with E-state index in [0.29, 0.717) is 25.3 Å². The summed E-state index contributed by atoms with van der Waals surface area (Å²) in [6.07, 6.45) is 1.56. The molecule has 1 atom stereocenters. The van der Waals surface area contributed by atoms with Crippen LogP contribution in [-0.4, -0.2) is 54.1 Å². The largest absolute Gasteiger partial charge is 0.472 e. The van der Waals surface area contributed by atoms with Crippen molar-refractivity contribution in [3.8, 4) is 0 Å². The Morgan fingerprint density at radius 2 is 1.17 bits per heavy atom. The number of carbonyl (C=O) groups excluding carboxylic acids is 4. The highest BCUT2D eigenvalue weighted by Gasteiger charge is 2.22. The Balaban J connectivity index is -0.000000612. The van der Waals surface area contributed by atoms with E-state index in [1.165, 1.54) is 0 Å². The lowest BCUT2D eigenvalue weighted by Gasteiger charge is -2.14. The van der Waals surface area contributed by atoms with Crippen molar-refractivity contribution in [1.82, 2.24) is 10.6 Å². The van der Waals surface area contributed by atoms with E-state index in [0.717, 1.165) is 6.42 Å². The minimum atomic E-state index is -4.06. The van der Waals surface area contributed by atoms with Crippen molar-refractivity contribution in [2.75, 3.05) is 19.7 Å². The average Bonchev–Trinajstić information content (AvgIpc) is 2.72. The van der Waals surface area contributed by atoms with Gasteiger partial charge in [0.05, 0.1) is 12.7 Å². The summed E-state index contributed by atoms with van der Waals surface area (Å²) in [5.41, 5.74) is 0. The molecule has 0 saturated heterocycles. The molecule has 36 heavy (non-hydrogen) atoms. The Hall–Kier alpha value is -1.61. The molecule has 0 aliphatic heterocycles. The number of hydrogen-bond donors (Lipinski definition) is 3. The second kappa shape index (κ2) is 21.5. The number of phosphoric ester groups is 1. The summed E-state index contributed by atoms with van der Waals surface area (Å²) in [6.45, 7) is 15.4. The molecule has 0 aromatic heterocycles. The lowest BCUT2D eigenvalue weighted by Crippen LogP contribution is -2.27. The Morgan fingerprint density at radius 3 is 1.53 bits per heavy atom. The summed E-state index contributed by atoms with van der Waals surface area (Å²) < 4.78 is 20.7. The number of carbonyl (C=O) groups is 4. The molecule has 10 nitrogen and oxygen atoms in total. The first-order chi connectivity index (χ1) is 16.1. The highest BCUT2D eigenvalue weighted by Crippen LogP contribution is 2.44. The van der Waals surface area contributed by atoms with E-state index in [1.807, 2.05) is 13.8 Å². The van der Waals surface area contributed by atoms with Crippen LogP contribution in [0, 0.1) is 17.8 Å². The molecule has 0 aliphatic carbocycles. The summed E-state index contributed by atoms with van der Waals surface area (Å²) in [7, 11) is -4.06. The van der Waals surface area contributed by atoms with Crippen molar-refractivity contribution < 1.29 is 37.7 Å². The Kier molecular flexibility index (Phi) is 23.2. The quantitative estimate of drug-likeness (QED) is 0.182. The molecule has 0 heterocycles. The maximum absolute atomic E-state index is 11.4. The third-order valence-electron chi connectivity index (χ3n) is 4.55. The summed E-state index contributed by atoms with van der Waals surface area (Å²) in [5, 5.41) is 5.32. The molecule has 3 N–H and O–H groups in total. The van der Waals surface area contributed by atoms with Crippen molar-refractivity contribution in [1.29, 1.82) is 0 Å². The molecule has 0 radical (unpaired) electrons. The van der Waals surface area contributed by atoms with Crippen LogP contribution in [0.3, 0.4) is 0 Å². The van der Waals surface area contributed by atoms with E-state index in [4.69, 9.17) is 0 Å². The second-order valence-corrected chi connectivity index (χ2v) is 11.0. The second-order valence-electron chi connectivity index (χ2n) is 9.58. The van der Waals surface area contributed by atoms with Gasteiger partial charge >= 0.3 is 7.82 Å². The lowest BCUT2D eigenvalue weighted by molar-refractivity contribution is -0.126. The number of rotatable bonds is 17. The molecule has 0 aliphatic rings. The van der Waals surface area contributed by atoms with Gasteiger partial charge in [-0.3, -0.25) is 28.2 Å².